The Kier molecular flexibility index (Phi) is 7.56. The standard InChI is InChI=1S/C31H24BrN3O4/c1-19-8-11-22(12-9-19)31(37)39-26-15-10-20(16-27(26)38-2)18-33-35-30(36)29-28(21-6-4-3-5-7-21)24-17-23(32)13-14-25(24)34-29/h3-18,34H,1-2H3,(H,35,36). The zero-order chi connectivity index (χ0) is 27.4. The van der Waals surface area contributed by atoms with E-state index in [1.807, 2.05) is 67.6 Å². The Labute approximate surface area is 233 Å². The molecular weight excluding hydrogens is 558 g/mol. The van der Waals surface area contributed by atoms with Crippen LogP contribution in [0.1, 0.15) is 32.0 Å². The van der Waals surface area contributed by atoms with Crippen LogP contribution in [0.15, 0.2) is 101 Å². The molecule has 0 bridgehead atoms. The van der Waals surface area contributed by atoms with Gasteiger partial charge in [0.1, 0.15) is 5.69 Å². The number of esters is 1. The van der Waals surface area contributed by atoms with Crippen LogP contribution >= 0.6 is 15.9 Å². The summed E-state index contributed by atoms with van der Waals surface area (Å²) in [6, 6.07) is 27.7. The molecule has 0 aliphatic rings. The molecule has 0 saturated carbocycles. The molecule has 0 radical (unpaired) electrons. The molecular formula is C31H24BrN3O4. The van der Waals surface area contributed by atoms with Gasteiger partial charge in [-0.05, 0) is 66.6 Å². The number of H-pyrrole nitrogens is 1. The number of aryl methyl sites for hydroxylation is 1. The highest BCUT2D eigenvalue weighted by Crippen LogP contribution is 2.34. The second-order valence-electron chi connectivity index (χ2n) is 8.80. The van der Waals surface area contributed by atoms with Crippen molar-refractivity contribution in [1.29, 1.82) is 0 Å². The number of aromatic nitrogens is 1. The van der Waals surface area contributed by atoms with E-state index in [1.54, 1.807) is 30.3 Å². The minimum Gasteiger partial charge on any atom is -0.493 e. The van der Waals surface area contributed by atoms with E-state index in [-0.39, 0.29) is 11.7 Å². The van der Waals surface area contributed by atoms with Crippen molar-refractivity contribution in [2.45, 2.75) is 6.92 Å². The molecule has 0 spiro atoms. The Morgan fingerprint density at radius 2 is 1.69 bits per heavy atom. The van der Waals surface area contributed by atoms with Crippen molar-refractivity contribution < 1.29 is 19.1 Å². The van der Waals surface area contributed by atoms with Gasteiger partial charge in [-0.15, -0.1) is 0 Å². The number of amides is 1. The SMILES string of the molecule is COc1cc(C=NNC(=O)c2[nH]c3ccc(Br)cc3c2-c2ccccc2)ccc1OC(=O)c1ccc(C)cc1. The zero-order valence-corrected chi connectivity index (χ0v) is 22.8. The monoisotopic (exact) mass is 581 g/mol. The van der Waals surface area contributed by atoms with Crippen LogP contribution in [-0.4, -0.2) is 30.2 Å². The number of methoxy groups -OCH3 is 1. The Bertz CT molecular complexity index is 1690. The van der Waals surface area contributed by atoms with E-state index in [2.05, 4.69) is 31.4 Å². The fraction of sp³-hybridized carbons (Fsp3) is 0.0645. The second-order valence-corrected chi connectivity index (χ2v) is 9.71. The molecule has 7 nitrogen and oxygen atoms in total. The lowest BCUT2D eigenvalue weighted by molar-refractivity contribution is 0.0729. The maximum Gasteiger partial charge on any atom is 0.343 e. The topological polar surface area (TPSA) is 92.8 Å². The quantitative estimate of drug-likeness (QED) is 0.0946. The molecule has 5 rings (SSSR count). The first-order chi connectivity index (χ1) is 18.9. The minimum atomic E-state index is -0.485. The molecule has 0 aliphatic heterocycles. The van der Waals surface area contributed by atoms with E-state index < -0.39 is 5.97 Å². The van der Waals surface area contributed by atoms with Crippen molar-refractivity contribution in [3.63, 3.8) is 0 Å². The second kappa shape index (κ2) is 11.4. The number of nitrogens with one attached hydrogen (secondary N) is 2. The molecule has 0 saturated heterocycles. The summed E-state index contributed by atoms with van der Waals surface area (Å²) in [7, 11) is 1.49. The fourth-order valence-corrected chi connectivity index (χ4v) is 4.52. The molecule has 2 N–H and O–H groups in total. The maximum atomic E-state index is 13.2. The minimum absolute atomic E-state index is 0.279. The normalized spacial score (nSPS) is 11.1. The van der Waals surface area contributed by atoms with Gasteiger partial charge in [0.15, 0.2) is 11.5 Å². The Balaban J connectivity index is 1.34. The summed E-state index contributed by atoms with van der Waals surface area (Å²) < 4.78 is 11.9. The predicted molar refractivity (Wildman–Crippen MR) is 156 cm³/mol. The van der Waals surface area contributed by atoms with Gasteiger partial charge in [0.25, 0.3) is 5.91 Å². The van der Waals surface area contributed by atoms with E-state index >= 15 is 0 Å². The van der Waals surface area contributed by atoms with Gasteiger partial charge in [-0.25, -0.2) is 10.2 Å². The highest BCUT2D eigenvalue weighted by Gasteiger charge is 2.19. The van der Waals surface area contributed by atoms with Crippen molar-refractivity contribution in [2.75, 3.05) is 7.11 Å². The first-order valence-electron chi connectivity index (χ1n) is 12.1. The number of carbonyl (C=O) groups is 2. The van der Waals surface area contributed by atoms with E-state index in [4.69, 9.17) is 9.47 Å². The molecule has 0 unspecified atom stereocenters. The Morgan fingerprint density at radius 1 is 0.923 bits per heavy atom. The summed E-state index contributed by atoms with van der Waals surface area (Å²) in [5, 5.41) is 5.07. The van der Waals surface area contributed by atoms with Crippen LogP contribution in [0.2, 0.25) is 0 Å². The number of ether oxygens (including phenoxy) is 2. The Morgan fingerprint density at radius 3 is 2.44 bits per heavy atom. The number of halogens is 1. The maximum absolute atomic E-state index is 13.2. The van der Waals surface area contributed by atoms with Crippen LogP contribution in [0.5, 0.6) is 11.5 Å². The number of rotatable bonds is 7. The van der Waals surface area contributed by atoms with E-state index in [9.17, 15) is 9.59 Å². The third-order valence-electron chi connectivity index (χ3n) is 6.11. The van der Waals surface area contributed by atoms with Crippen LogP contribution < -0.4 is 14.9 Å². The number of hydrazone groups is 1. The lowest BCUT2D eigenvalue weighted by Crippen LogP contribution is -2.18. The van der Waals surface area contributed by atoms with Crippen molar-refractivity contribution in [1.82, 2.24) is 10.4 Å². The van der Waals surface area contributed by atoms with Gasteiger partial charge >= 0.3 is 5.97 Å². The number of hydrogen-bond donors (Lipinski definition) is 2. The van der Waals surface area contributed by atoms with Gasteiger partial charge in [-0.3, -0.25) is 4.79 Å². The number of fused-ring (bicyclic) bond motifs is 1. The van der Waals surface area contributed by atoms with Gasteiger partial charge in [0.2, 0.25) is 0 Å². The molecule has 4 aromatic carbocycles. The van der Waals surface area contributed by atoms with Crippen molar-refractivity contribution in [2.24, 2.45) is 5.10 Å². The summed E-state index contributed by atoms with van der Waals surface area (Å²) in [5.74, 6) is -0.228. The number of hydrogen-bond acceptors (Lipinski definition) is 5. The number of carbonyl (C=O) groups excluding carboxylic acids is 2. The fourth-order valence-electron chi connectivity index (χ4n) is 4.16. The summed E-state index contributed by atoms with van der Waals surface area (Å²) in [4.78, 5) is 28.9. The zero-order valence-electron chi connectivity index (χ0n) is 21.2. The third-order valence-corrected chi connectivity index (χ3v) is 6.60. The lowest BCUT2D eigenvalue weighted by atomic mass is 10.0. The smallest absolute Gasteiger partial charge is 0.343 e. The lowest BCUT2D eigenvalue weighted by Gasteiger charge is -2.10. The molecule has 0 aliphatic carbocycles. The summed E-state index contributed by atoms with van der Waals surface area (Å²) in [5.41, 5.74) is 7.69. The van der Waals surface area contributed by atoms with Gasteiger partial charge in [-0.1, -0.05) is 64.0 Å². The molecule has 5 aromatic rings. The average Bonchev–Trinajstić information content (AvgIpc) is 3.33. The van der Waals surface area contributed by atoms with Crippen LogP contribution in [0.4, 0.5) is 0 Å². The summed E-state index contributed by atoms with van der Waals surface area (Å²) >= 11 is 3.52. The highest BCUT2D eigenvalue weighted by molar-refractivity contribution is 9.10. The van der Waals surface area contributed by atoms with Gasteiger partial charge in [-0.2, -0.15) is 5.10 Å². The first-order valence-corrected chi connectivity index (χ1v) is 12.9. The Hall–Kier alpha value is -4.69. The summed E-state index contributed by atoms with van der Waals surface area (Å²) in [6.45, 7) is 1.95. The molecule has 1 amide bonds. The molecule has 8 heteroatoms. The molecule has 1 heterocycles. The molecule has 0 atom stereocenters. The van der Waals surface area contributed by atoms with Gasteiger partial charge in [0, 0.05) is 20.9 Å². The van der Waals surface area contributed by atoms with E-state index in [1.165, 1.54) is 13.3 Å². The highest BCUT2D eigenvalue weighted by atomic mass is 79.9. The average molecular weight is 582 g/mol. The third kappa shape index (κ3) is 5.76. The first kappa shape index (κ1) is 25.9. The largest absolute Gasteiger partial charge is 0.493 e. The predicted octanol–water partition coefficient (Wildman–Crippen LogP) is 6.90. The molecule has 194 valence electrons. The van der Waals surface area contributed by atoms with Crippen LogP contribution in [0.3, 0.4) is 0 Å². The van der Waals surface area contributed by atoms with Crippen LogP contribution in [0.25, 0.3) is 22.0 Å². The molecule has 0 fully saturated rings. The summed E-state index contributed by atoms with van der Waals surface area (Å²) in [6.07, 6.45) is 1.49. The number of benzene rings is 4. The molecule has 39 heavy (non-hydrogen) atoms. The van der Waals surface area contributed by atoms with Crippen molar-refractivity contribution >= 4 is 44.9 Å². The van der Waals surface area contributed by atoms with Crippen LogP contribution in [-0.2, 0) is 0 Å². The molecule has 1 aromatic heterocycles. The van der Waals surface area contributed by atoms with Gasteiger partial charge < -0.3 is 14.5 Å². The van der Waals surface area contributed by atoms with Gasteiger partial charge in [0.05, 0.1) is 18.9 Å². The van der Waals surface area contributed by atoms with E-state index in [0.717, 1.165) is 32.1 Å². The van der Waals surface area contributed by atoms with Crippen molar-refractivity contribution in [3.05, 3.63) is 118 Å². The van der Waals surface area contributed by atoms with Crippen LogP contribution in [0, 0.1) is 6.92 Å². The van der Waals surface area contributed by atoms with Crippen molar-refractivity contribution in [3.8, 4) is 22.6 Å². The number of aromatic amines is 1. The van der Waals surface area contributed by atoms with E-state index in [0.29, 0.717) is 22.6 Å². The number of nitrogens with zero attached hydrogens (tertiary/aromatic N) is 1.